The molecule has 0 spiro atoms. The molecule has 170 valence electrons. The van der Waals surface area contributed by atoms with Crippen molar-refractivity contribution >= 4 is 11.1 Å². The van der Waals surface area contributed by atoms with Crippen molar-refractivity contribution in [1.29, 1.82) is 0 Å². The number of aromatic nitrogens is 5. The maximum absolute atomic E-state index is 14.3. The summed E-state index contributed by atoms with van der Waals surface area (Å²) >= 11 is 0. The van der Waals surface area contributed by atoms with Crippen molar-refractivity contribution in [3.05, 3.63) is 71.4 Å². The molecule has 3 heterocycles. The molecule has 2 aromatic carbocycles. The van der Waals surface area contributed by atoms with Crippen molar-refractivity contribution in [2.75, 3.05) is 0 Å². The Morgan fingerprint density at radius 2 is 1.94 bits per heavy atom. The molecule has 0 unspecified atom stereocenters. The third kappa shape index (κ3) is 3.56. The van der Waals surface area contributed by atoms with Gasteiger partial charge in [0.25, 0.3) is 0 Å². The molecule has 0 atom stereocenters. The van der Waals surface area contributed by atoms with Crippen molar-refractivity contribution in [1.82, 2.24) is 24.7 Å². The van der Waals surface area contributed by atoms with E-state index in [1.165, 1.54) is 12.1 Å². The van der Waals surface area contributed by atoms with E-state index >= 15 is 0 Å². The number of nitrogens with zero attached hydrogens (tertiary/aromatic N) is 5. The van der Waals surface area contributed by atoms with Gasteiger partial charge in [-0.2, -0.15) is 0 Å². The largest absolute Gasteiger partial charge is 0.434 e. The van der Waals surface area contributed by atoms with E-state index in [1.807, 2.05) is 32.2 Å². The van der Waals surface area contributed by atoms with Gasteiger partial charge in [0.15, 0.2) is 11.4 Å². The van der Waals surface area contributed by atoms with Crippen molar-refractivity contribution in [2.24, 2.45) is 7.05 Å². The molecule has 0 bridgehead atoms. The predicted octanol–water partition coefficient (Wildman–Crippen LogP) is 5.17. The molecule has 6 rings (SSSR count). The summed E-state index contributed by atoms with van der Waals surface area (Å²) in [6.07, 6.45) is 3.77. The van der Waals surface area contributed by atoms with Gasteiger partial charge in [-0.25, -0.2) is 14.4 Å². The second-order valence-electron chi connectivity index (χ2n) is 8.83. The number of benzene rings is 2. The van der Waals surface area contributed by atoms with Crippen LogP contribution < -0.4 is 0 Å². The Balaban J connectivity index is 1.54. The van der Waals surface area contributed by atoms with Crippen LogP contribution in [0.1, 0.15) is 35.6 Å². The highest BCUT2D eigenvalue weighted by molar-refractivity contribution is 5.84. The average Bonchev–Trinajstić information content (AvgIpc) is 3.46. The van der Waals surface area contributed by atoms with E-state index in [0.717, 1.165) is 40.8 Å². The van der Waals surface area contributed by atoms with Gasteiger partial charge in [-0.3, -0.25) is 0 Å². The molecule has 1 fully saturated rings. The molecule has 8 heteroatoms. The van der Waals surface area contributed by atoms with Crippen LogP contribution >= 0.6 is 0 Å². The van der Waals surface area contributed by atoms with Gasteiger partial charge < -0.3 is 14.1 Å². The lowest BCUT2D eigenvalue weighted by molar-refractivity contribution is 0.282. The molecule has 3 aromatic heterocycles. The van der Waals surface area contributed by atoms with E-state index in [0.29, 0.717) is 40.0 Å². The van der Waals surface area contributed by atoms with Gasteiger partial charge in [-0.15, -0.1) is 10.2 Å². The third-order valence-electron chi connectivity index (χ3n) is 6.22. The molecular weight excluding hydrogens is 433 g/mol. The molecule has 7 nitrogen and oxygen atoms in total. The van der Waals surface area contributed by atoms with Gasteiger partial charge in [-0.05, 0) is 78.4 Å². The first-order valence-electron chi connectivity index (χ1n) is 11.2. The van der Waals surface area contributed by atoms with Crippen LogP contribution in [0.4, 0.5) is 4.39 Å². The fraction of sp³-hybridized carbons (Fsp3) is 0.231. The normalized spacial score (nSPS) is 13.6. The molecule has 1 aliphatic rings. The third-order valence-corrected chi connectivity index (χ3v) is 6.22. The lowest BCUT2D eigenvalue weighted by atomic mass is 9.97. The van der Waals surface area contributed by atoms with E-state index in [4.69, 9.17) is 9.40 Å². The maximum Gasteiger partial charge on any atom is 0.246 e. The van der Waals surface area contributed by atoms with Crippen molar-refractivity contribution in [3.8, 4) is 34.1 Å². The molecule has 1 N–H and O–H groups in total. The van der Waals surface area contributed by atoms with Crippen LogP contribution in [0, 0.1) is 12.7 Å². The van der Waals surface area contributed by atoms with Gasteiger partial charge in [0.05, 0.1) is 6.61 Å². The van der Waals surface area contributed by atoms with E-state index in [-0.39, 0.29) is 12.4 Å². The average molecular weight is 455 g/mol. The Bertz CT molecular complexity index is 1550. The minimum Gasteiger partial charge on any atom is -0.434 e. The number of rotatable bonds is 5. The minimum absolute atomic E-state index is 0.0616. The van der Waals surface area contributed by atoms with Crippen molar-refractivity contribution in [2.45, 2.75) is 32.3 Å². The van der Waals surface area contributed by atoms with Gasteiger partial charge in [0, 0.05) is 24.2 Å². The van der Waals surface area contributed by atoms with Crippen molar-refractivity contribution < 1.29 is 13.9 Å². The van der Waals surface area contributed by atoms with E-state index in [9.17, 15) is 9.50 Å². The first-order chi connectivity index (χ1) is 16.5. The number of fused-ring (bicyclic) bond motifs is 1. The van der Waals surface area contributed by atoms with Crippen LogP contribution in [0.2, 0.25) is 0 Å². The summed E-state index contributed by atoms with van der Waals surface area (Å²) in [6, 6.07) is 12.4. The fourth-order valence-corrected chi connectivity index (χ4v) is 4.36. The quantitative estimate of drug-likeness (QED) is 0.393. The Hall–Kier alpha value is -3.91. The zero-order chi connectivity index (χ0) is 23.4. The van der Waals surface area contributed by atoms with Gasteiger partial charge in [-0.1, -0.05) is 6.07 Å². The summed E-state index contributed by atoms with van der Waals surface area (Å²) in [5, 5.41) is 17.7. The summed E-state index contributed by atoms with van der Waals surface area (Å²) in [6.45, 7) is 1.87. The molecule has 1 saturated carbocycles. The topological polar surface area (TPSA) is 89.9 Å². The standard InChI is InChI=1S/C26H22FN5O2/c1-14-7-15(12-33)8-22-24(14)34-26(30-22)23-10-17(9-21(29-23)16-3-4-16)19-6-5-18(27)11-20(19)25-31-28-13-32(25)2/h5-11,13,16,33H,3-4,12H2,1-2H3. The highest BCUT2D eigenvalue weighted by Gasteiger charge is 2.27. The van der Waals surface area contributed by atoms with Crippen LogP contribution in [-0.2, 0) is 13.7 Å². The number of hydrogen-bond acceptors (Lipinski definition) is 6. The Labute approximate surface area is 194 Å². The maximum atomic E-state index is 14.3. The number of aliphatic hydroxyl groups is 1. The van der Waals surface area contributed by atoms with Crippen LogP contribution in [0.5, 0.6) is 0 Å². The summed E-state index contributed by atoms with van der Waals surface area (Å²) < 4.78 is 22.2. The van der Waals surface area contributed by atoms with Crippen LogP contribution in [-0.4, -0.2) is 29.8 Å². The number of aryl methyl sites for hydroxylation is 2. The van der Waals surface area contributed by atoms with Crippen LogP contribution in [0.15, 0.2) is 53.2 Å². The summed E-state index contributed by atoms with van der Waals surface area (Å²) in [4.78, 5) is 9.56. The summed E-state index contributed by atoms with van der Waals surface area (Å²) in [5.74, 6) is 1.05. The highest BCUT2D eigenvalue weighted by atomic mass is 19.1. The second-order valence-corrected chi connectivity index (χ2v) is 8.83. The predicted molar refractivity (Wildman–Crippen MR) is 125 cm³/mol. The Morgan fingerprint density at radius 3 is 2.68 bits per heavy atom. The zero-order valence-electron chi connectivity index (χ0n) is 18.8. The summed E-state index contributed by atoms with van der Waals surface area (Å²) in [7, 11) is 1.83. The van der Waals surface area contributed by atoms with Gasteiger partial charge in [0.1, 0.15) is 23.4 Å². The monoisotopic (exact) mass is 455 g/mol. The smallest absolute Gasteiger partial charge is 0.246 e. The minimum atomic E-state index is -0.340. The SMILES string of the molecule is Cc1cc(CO)cc2nc(-c3cc(-c4ccc(F)cc4-c4nncn4C)cc(C4CC4)n3)oc12. The molecule has 0 radical (unpaired) electrons. The molecule has 34 heavy (non-hydrogen) atoms. The Kier molecular flexibility index (Phi) is 4.77. The first kappa shape index (κ1) is 20.7. The molecule has 0 saturated heterocycles. The lowest BCUT2D eigenvalue weighted by Crippen LogP contribution is -1.97. The summed E-state index contributed by atoms with van der Waals surface area (Å²) in [5.41, 5.74) is 7.00. The van der Waals surface area contributed by atoms with E-state index in [2.05, 4.69) is 21.2 Å². The number of aliphatic hydroxyl groups excluding tert-OH is 1. The molecule has 0 aliphatic heterocycles. The highest BCUT2D eigenvalue weighted by Crippen LogP contribution is 2.42. The molecular formula is C26H22FN5O2. The molecule has 5 aromatic rings. The van der Waals surface area contributed by atoms with E-state index < -0.39 is 0 Å². The van der Waals surface area contributed by atoms with Crippen molar-refractivity contribution in [3.63, 3.8) is 0 Å². The fourth-order valence-electron chi connectivity index (χ4n) is 4.36. The Morgan fingerprint density at radius 1 is 1.09 bits per heavy atom. The van der Waals surface area contributed by atoms with E-state index in [1.54, 1.807) is 17.0 Å². The zero-order valence-corrected chi connectivity index (χ0v) is 18.8. The number of halogens is 1. The van der Waals surface area contributed by atoms with Gasteiger partial charge in [0.2, 0.25) is 5.89 Å². The number of oxazole rings is 1. The lowest BCUT2D eigenvalue weighted by Gasteiger charge is -2.12. The van der Waals surface area contributed by atoms with Crippen LogP contribution in [0.25, 0.3) is 45.2 Å². The number of hydrogen-bond donors (Lipinski definition) is 1. The molecule has 1 aliphatic carbocycles. The van der Waals surface area contributed by atoms with Gasteiger partial charge >= 0.3 is 0 Å². The second kappa shape index (κ2) is 7.85. The number of pyridine rings is 1. The molecule has 0 amide bonds. The van der Waals surface area contributed by atoms with Crippen LogP contribution in [0.3, 0.4) is 0 Å². The first-order valence-corrected chi connectivity index (χ1v) is 11.2.